The minimum absolute atomic E-state index is 0.0479. The Morgan fingerprint density at radius 3 is 2.03 bits per heavy atom. The number of carbonyl (C=O) groups excluding carboxylic acids is 3. The fourth-order valence-electron chi connectivity index (χ4n) is 5.19. The van der Waals surface area contributed by atoms with E-state index in [-0.39, 0.29) is 53.4 Å². The van der Waals surface area contributed by atoms with Gasteiger partial charge in [-0.25, -0.2) is 0 Å². The third-order valence-corrected chi connectivity index (χ3v) is 7.13. The van der Waals surface area contributed by atoms with Crippen LogP contribution in [0.4, 0.5) is 0 Å². The molecule has 33 heavy (non-hydrogen) atoms. The summed E-state index contributed by atoms with van der Waals surface area (Å²) in [6.07, 6.45) is 1.04. The van der Waals surface area contributed by atoms with E-state index in [1.54, 1.807) is 12.1 Å². The second-order valence-electron chi connectivity index (χ2n) is 10.9. The zero-order valence-corrected chi connectivity index (χ0v) is 21.0. The number of benzene rings is 1. The fraction of sp³-hybridized carbons (Fsp3) is 0.444. The number of furan rings is 1. The molecule has 1 heterocycles. The quantitative estimate of drug-likeness (QED) is 0.468. The lowest BCUT2D eigenvalue weighted by Gasteiger charge is -2.38. The van der Waals surface area contributed by atoms with Crippen molar-refractivity contribution in [2.45, 2.75) is 59.3 Å². The van der Waals surface area contributed by atoms with Crippen molar-refractivity contribution in [1.82, 2.24) is 0 Å². The second-order valence-corrected chi connectivity index (χ2v) is 11.8. The molecule has 1 aromatic carbocycles. The van der Waals surface area contributed by atoms with E-state index in [0.29, 0.717) is 17.9 Å². The van der Waals surface area contributed by atoms with Gasteiger partial charge in [-0.05, 0) is 35.1 Å². The van der Waals surface area contributed by atoms with Gasteiger partial charge in [0.05, 0.1) is 11.8 Å². The van der Waals surface area contributed by atoms with Crippen LogP contribution in [0.15, 0.2) is 56.6 Å². The van der Waals surface area contributed by atoms with Crippen molar-refractivity contribution in [3.8, 4) is 11.3 Å². The van der Waals surface area contributed by atoms with Gasteiger partial charge in [0.15, 0.2) is 5.78 Å². The van der Waals surface area contributed by atoms with Gasteiger partial charge >= 0.3 is 0 Å². The largest absolute Gasteiger partial charge is 0.512 e. The number of Topliss-reactive ketones (excluding diaryl/α,β-unsaturated/α-hetero) is 3. The predicted octanol–water partition coefficient (Wildman–Crippen LogP) is 6.57. The molecule has 174 valence electrons. The summed E-state index contributed by atoms with van der Waals surface area (Å²) in [5.74, 6) is -1.73. The summed E-state index contributed by atoms with van der Waals surface area (Å²) in [5.41, 5.74) is 0.178. The van der Waals surface area contributed by atoms with Gasteiger partial charge in [0, 0.05) is 41.3 Å². The van der Waals surface area contributed by atoms with Crippen molar-refractivity contribution in [1.29, 1.82) is 0 Å². The highest BCUT2D eigenvalue weighted by Gasteiger charge is 2.49. The maximum atomic E-state index is 13.2. The zero-order chi connectivity index (χ0) is 24.1. The van der Waals surface area contributed by atoms with E-state index in [2.05, 4.69) is 15.9 Å². The number of hydrogen-bond donors (Lipinski definition) is 1. The highest BCUT2D eigenvalue weighted by atomic mass is 79.9. The molecule has 2 aliphatic carbocycles. The first-order valence-corrected chi connectivity index (χ1v) is 12.0. The van der Waals surface area contributed by atoms with Crippen LogP contribution in [0.25, 0.3) is 11.3 Å². The Bertz CT molecular complexity index is 1130. The van der Waals surface area contributed by atoms with E-state index in [1.165, 1.54) is 0 Å². The molecule has 1 atom stereocenters. The molecule has 6 heteroatoms. The van der Waals surface area contributed by atoms with Gasteiger partial charge in [0.25, 0.3) is 0 Å². The normalized spacial score (nSPS) is 22.0. The average Bonchev–Trinajstić information content (AvgIpc) is 3.14. The molecule has 1 unspecified atom stereocenters. The van der Waals surface area contributed by atoms with E-state index in [4.69, 9.17) is 4.42 Å². The number of aliphatic hydroxyl groups excluding tert-OH is 1. The molecule has 0 radical (unpaired) electrons. The smallest absolute Gasteiger partial charge is 0.163 e. The molecular weight excluding hydrogens is 484 g/mol. The van der Waals surface area contributed by atoms with Crippen LogP contribution in [0.1, 0.15) is 65.1 Å². The first kappa shape index (κ1) is 23.7. The van der Waals surface area contributed by atoms with Crippen molar-refractivity contribution in [3.63, 3.8) is 0 Å². The number of hydrogen-bond acceptors (Lipinski definition) is 5. The van der Waals surface area contributed by atoms with Crippen LogP contribution < -0.4 is 0 Å². The lowest BCUT2D eigenvalue weighted by Crippen LogP contribution is -2.43. The van der Waals surface area contributed by atoms with Gasteiger partial charge in [-0.3, -0.25) is 14.4 Å². The third-order valence-electron chi connectivity index (χ3n) is 6.60. The van der Waals surface area contributed by atoms with Gasteiger partial charge in [0.2, 0.25) is 0 Å². The summed E-state index contributed by atoms with van der Waals surface area (Å²) in [5, 5.41) is 11.0. The first-order valence-electron chi connectivity index (χ1n) is 11.2. The van der Waals surface area contributed by atoms with E-state index < -0.39 is 17.3 Å². The van der Waals surface area contributed by atoms with Crippen LogP contribution in [-0.4, -0.2) is 22.5 Å². The summed E-state index contributed by atoms with van der Waals surface area (Å²) >= 11 is 3.42. The molecule has 1 fully saturated rings. The molecule has 1 saturated carbocycles. The van der Waals surface area contributed by atoms with Gasteiger partial charge in [-0.1, -0.05) is 55.8 Å². The Kier molecular flexibility index (Phi) is 6.02. The van der Waals surface area contributed by atoms with E-state index in [9.17, 15) is 19.5 Å². The first-order chi connectivity index (χ1) is 15.4. The molecule has 0 saturated heterocycles. The number of carbonyl (C=O) groups is 3. The number of rotatable bonds is 4. The Balaban J connectivity index is 1.83. The summed E-state index contributed by atoms with van der Waals surface area (Å²) in [4.78, 5) is 39.7. The SMILES string of the molecule is CC1(C)CC(=O)C(C(C2=C(O)CC(C)(C)CC2=O)c2ccc(-c3ccc(Br)cc3)o2)C(=O)C1. The summed E-state index contributed by atoms with van der Waals surface area (Å²) in [6, 6.07) is 11.1. The Labute approximate surface area is 202 Å². The number of ketones is 3. The van der Waals surface area contributed by atoms with Gasteiger partial charge < -0.3 is 9.52 Å². The minimum atomic E-state index is -1.04. The molecule has 4 rings (SSSR count). The highest BCUT2D eigenvalue weighted by molar-refractivity contribution is 9.10. The van der Waals surface area contributed by atoms with Gasteiger partial charge in [0.1, 0.15) is 28.8 Å². The molecule has 0 spiro atoms. The number of halogens is 1. The molecule has 5 nitrogen and oxygen atoms in total. The van der Waals surface area contributed by atoms with Crippen molar-refractivity contribution >= 4 is 33.3 Å². The highest BCUT2D eigenvalue weighted by Crippen LogP contribution is 2.48. The van der Waals surface area contributed by atoms with E-state index >= 15 is 0 Å². The number of aliphatic hydroxyl groups is 1. The average molecular weight is 513 g/mol. The lowest BCUT2D eigenvalue weighted by molar-refractivity contribution is -0.140. The molecule has 0 aliphatic heterocycles. The third kappa shape index (κ3) is 4.77. The fourth-order valence-corrected chi connectivity index (χ4v) is 5.46. The topological polar surface area (TPSA) is 84.6 Å². The molecule has 2 aliphatic rings. The van der Waals surface area contributed by atoms with E-state index in [1.807, 2.05) is 52.0 Å². The van der Waals surface area contributed by atoms with Crippen LogP contribution >= 0.6 is 15.9 Å². The Morgan fingerprint density at radius 1 is 0.879 bits per heavy atom. The molecule has 2 aromatic rings. The summed E-state index contributed by atoms with van der Waals surface area (Å²) in [7, 11) is 0. The summed E-state index contributed by atoms with van der Waals surface area (Å²) < 4.78 is 7.09. The van der Waals surface area contributed by atoms with Gasteiger partial charge in [-0.2, -0.15) is 0 Å². The van der Waals surface area contributed by atoms with E-state index in [0.717, 1.165) is 10.0 Å². The van der Waals surface area contributed by atoms with Crippen molar-refractivity contribution in [2.75, 3.05) is 0 Å². The number of allylic oxidation sites excluding steroid dienone is 2. The maximum Gasteiger partial charge on any atom is 0.163 e. The monoisotopic (exact) mass is 512 g/mol. The predicted molar refractivity (Wildman–Crippen MR) is 129 cm³/mol. The van der Waals surface area contributed by atoms with Crippen molar-refractivity contribution < 1.29 is 23.9 Å². The van der Waals surface area contributed by atoms with Crippen LogP contribution in [0.5, 0.6) is 0 Å². The van der Waals surface area contributed by atoms with Crippen molar-refractivity contribution in [3.05, 3.63) is 58.0 Å². The minimum Gasteiger partial charge on any atom is -0.512 e. The van der Waals surface area contributed by atoms with Crippen LogP contribution in [0.3, 0.4) is 0 Å². The van der Waals surface area contributed by atoms with Gasteiger partial charge in [-0.15, -0.1) is 0 Å². The molecule has 1 aromatic heterocycles. The van der Waals surface area contributed by atoms with Crippen molar-refractivity contribution in [2.24, 2.45) is 16.7 Å². The maximum absolute atomic E-state index is 13.2. The summed E-state index contributed by atoms with van der Waals surface area (Å²) in [6.45, 7) is 7.64. The lowest BCUT2D eigenvalue weighted by atomic mass is 9.63. The Hall–Kier alpha value is -2.47. The molecule has 1 N–H and O–H groups in total. The Morgan fingerprint density at radius 2 is 1.45 bits per heavy atom. The molecular formula is C27H29BrO5. The van der Waals surface area contributed by atoms with Crippen LogP contribution in [-0.2, 0) is 14.4 Å². The molecule has 0 amide bonds. The van der Waals surface area contributed by atoms with Crippen LogP contribution in [0.2, 0.25) is 0 Å². The standard InChI is InChI=1S/C27H29BrO5/c1-26(2)11-17(29)23(18(30)12-26)25(24-19(31)13-27(3,4)14-20(24)32)22-10-9-21(33-22)15-5-7-16(28)8-6-15/h5-10,23,25,31H,11-14H2,1-4H3. The molecule has 0 bridgehead atoms. The zero-order valence-electron chi connectivity index (χ0n) is 19.4. The second kappa shape index (κ2) is 8.39. The van der Waals surface area contributed by atoms with Crippen LogP contribution in [0, 0.1) is 16.7 Å².